The van der Waals surface area contributed by atoms with Gasteiger partial charge in [-0.25, -0.2) is 0 Å². The zero-order valence-corrected chi connectivity index (χ0v) is 10.1. The van der Waals surface area contributed by atoms with Gasteiger partial charge < -0.3 is 0 Å². The molecule has 1 aromatic heterocycles. The third-order valence-corrected chi connectivity index (χ3v) is 2.72. The van der Waals surface area contributed by atoms with Crippen LogP contribution in [0.15, 0.2) is 24.4 Å². The molecule has 1 heterocycles. The van der Waals surface area contributed by atoms with Gasteiger partial charge in [0.1, 0.15) is 0 Å². The van der Waals surface area contributed by atoms with E-state index in [1.807, 2.05) is 6.92 Å². The van der Waals surface area contributed by atoms with Gasteiger partial charge in [0, 0.05) is 24.9 Å². The van der Waals surface area contributed by atoms with E-state index >= 15 is 0 Å². The molecule has 0 aliphatic carbocycles. The van der Waals surface area contributed by atoms with Crippen LogP contribution in [0.25, 0.3) is 11.3 Å². The molecule has 94 valence electrons. The number of nitro groups is 1. The van der Waals surface area contributed by atoms with Gasteiger partial charge in [0.15, 0.2) is 0 Å². The number of nitro benzene ring substituents is 1. The smallest absolute Gasteiger partial charge is 0.275 e. The first-order valence-electron chi connectivity index (χ1n) is 5.50. The Morgan fingerprint density at radius 3 is 2.83 bits per heavy atom. The lowest BCUT2D eigenvalue weighted by Gasteiger charge is -2.02. The third-order valence-electron chi connectivity index (χ3n) is 2.72. The number of benzene rings is 1. The lowest BCUT2D eigenvalue weighted by atomic mass is 10.1. The van der Waals surface area contributed by atoms with Crippen LogP contribution in [0.3, 0.4) is 0 Å². The number of nitrogens with zero attached hydrogens (tertiary/aromatic N) is 3. The van der Waals surface area contributed by atoms with Gasteiger partial charge in [0.25, 0.3) is 0 Å². The number of aromatic nitrogens is 2. The third kappa shape index (κ3) is 1.97. The Bertz CT molecular complexity index is 607. The molecule has 0 bridgehead atoms. The minimum Gasteiger partial charge on any atom is -0.275 e. The topological polar surface area (TPSA) is 61.0 Å². The maximum atomic E-state index is 14.0. The minimum atomic E-state index is -0.837. The molecule has 2 aromatic rings. The molecule has 0 saturated carbocycles. The van der Waals surface area contributed by atoms with Crippen LogP contribution in [0.5, 0.6) is 0 Å². The standard InChI is InChI=1S/C12H12FN3O2/c1-3-8-7-15(2)14-12(8)9-5-4-6-10(11(9)13)16(17)18/h4-7H,3H2,1-2H3. The molecule has 0 N–H and O–H groups in total. The summed E-state index contributed by atoms with van der Waals surface area (Å²) in [6.07, 6.45) is 2.47. The van der Waals surface area contributed by atoms with E-state index in [4.69, 9.17) is 0 Å². The summed E-state index contributed by atoms with van der Waals surface area (Å²) in [6.45, 7) is 1.93. The van der Waals surface area contributed by atoms with Crippen molar-refractivity contribution in [3.8, 4) is 11.3 Å². The summed E-state index contributed by atoms with van der Waals surface area (Å²) >= 11 is 0. The van der Waals surface area contributed by atoms with Crippen LogP contribution in [0.4, 0.5) is 10.1 Å². The Kier molecular flexibility index (Phi) is 3.10. The van der Waals surface area contributed by atoms with E-state index in [0.717, 1.165) is 11.6 Å². The van der Waals surface area contributed by atoms with Crippen molar-refractivity contribution >= 4 is 5.69 Å². The first kappa shape index (κ1) is 12.2. The molecule has 0 unspecified atom stereocenters. The highest BCUT2D eigenvalue weighted by molar-refractivity contribution is 5.66. The van der Waals surface area contributed by atoms with Crippen molar-refractivity contribution in [3.63, 3.8) is 0 Å². The lowest BCUT2D eigenvalue weighted by molar-refractivity contribution is -0.387. The molecule has 0 fully saturated rings. The molecule has 6 heteroatoms. The number of hydrogen-bond donors (Lipinski definition) is 0. The Labute approximate surface area is 103 Å². The monoisotopic (exact) mass is 249 g/mol. The van der Waals surface area contributed by atoms with Crippen molar-refractivity contribution in [1.29, 1.82) is 0 Å². The average Bonchev–Trinajstić information content (AvgIpc) is 2.70. The van der Waals surface area contributed by atoms with E-state index in [1.54, 1.807) is 17.9 Å². The molecule has 18 heavy (non-hydrogen) atoms. The Morgan fingerprint density at radius 2 is 2.22 bits per heavy atom. The molecule has 0 aliphatic rings. The zero-order chi connectivity index (χ0) is 13.3. The van der Waals surface area contributed by atoms with Crippen LogP contribution in [0, 0.1) is 15.9 Å². The quantitative estimate of drug-likeness (QED) is 0.620. The molecule has 0 spiro atoms. The summed E-state index contributed by atoms with van der Waals surface area (Å²) in [5.41, 5.74) is 0.958. The highest BCUT2D eigenvalue weighted by Gasteiger charge is 2.21. The van der Waals surface area contributed by atoms with E-state index in [2.05, 4.69) is 5.10 Å². The van der Waals surface area contributed by atoms with Gasteiger partial charge in [-0.15, -0.1) is 0 Å². The number of rotatable bonds is 3. The normalized spacial score (nSPS) is 10.6. The molecule has 0 radical (unpaired) electrons. The van der Waals surface area contributed by atoms with E-state index in [1.165, 1.54) is 12.1 Å². The molecule has 1 aromatic carbocycles. The Balaban J connectivity index is 2.64. The van der Waals surface area contributed by atoms with Gasteiger partial charge in [-0.2, -0.15) is 9.49 Å². The largest absolute Gasteiger partial charge is 0.305 e. The summed E-state index contributed by atoms with van der Waals surface area (Å²) in [5.74, 6) is -0.837. The van der Waals surface area contributed by atoms with Gasteiger partial charge in [-0.3, -0.25) is 14.8 Å². The van der Waals surface area contributed by atoms with Crippen molar-refractivity contribution in [3.05, 3.63) is 45.9 Å². The number of aryl methyl sites for hydroxylation is 2. The van der Waals surface area contributed by atoms with Crippen LogP contribution >= 0.6 is 0 Å². The molecule has 0 atom stereocenters. The molecule has 0 amide bonds. The summed E-state index contributed by atoms with van der Waals surface area (Å²) < 4.78 is 15.6. The van der Waals surface area contributed by atoms with Crippen molar-refractivity contribution in [1.82, 2.24) is 9.78 Å². The average molecular weight is 249 g/mol. The number of halogens is 1. The molecular formula is C12H12FN3O2. The molecule has 0 saturated heterocycles. The van der Waals surface area contributed by atoms with Crippen LogP contribution in [0.2, 0.25) is 0 Å². The fraction of sp³-hybridized carbons (Fsp3) is 0.250. The van der Waals surface area contributed by atoms with Crippen molar-refractivity contribution in [2.24, 2.45) is 7.05 Å². The predicted molar refractivity (Wildman–Crippen MR) is 64.6 cm³/mol. The van der Waals surface area contributed by atoms with Crippen molar-refractivity contribution < 1.29 is 9.31 Å². The summed E-state index contributed by atoms with van der Waals surface area (Å²) in [4.78, 5) is 9.98. The first-order chi connectivity index (χ1) is 8.54. The predicted octanol–water partition coefficient (Wildman–Crippen LogP) is 2.70. The maximum absolute atomic E-state index is 14.0. The second-order valence-electron chi connectivity index (χ2n) is 3.93. The van der Waals surface area contributed by atoms with Gasteiger partial charge in [-0.05, 0) is 18.1 Å². The van der Waals surface area contributed by atoms with Crippen molar-refractivity contribution in [2.45, 2.75) is 13.3 Å². The van der Waals surface area contributed by atoms with E-state index in [-0.39, 0.29) is 5.56 Å². The molecular weight excluding hydrogens is 237 g/mol. The van der Waals surface area contributed by atoms with E-state index in [0.29, 0.717) is 12.1 Å². The molecule has 5 nitrogen and oxygen atoms in total. The second-order valence-corrected chi connectivity index (χ2v) is 3.93. The van der Waals surface area contributed by atoms with Crippen molar-refractivity contribution in [2.75, 3.05) is 0 Å². The number of hydrogen-bond acceptors (Lipinski definition) is 3. The maximum Gasteiger partial charge on any atom is 0.305 e. The van der Waals surface area contributed by atoms with Gasteiger partial charge in [0.05, 0.1) is 10.6 Å². The summed E-state index contributed by atoms with van der Waals surface area (Å²) in [6, 6.07) is 4.11. The summed E-state index contributed by atoms with van der Waals surface area (Å²) in [5, 5.41) is 14.9. The first-order valence-corrected chi connectivity index (χ1v) is 5.50. The Hall–Kier alpha value is -2.24. The fourth-order valence-electron chi connectivity index (χ4n) is 1.87. The zero-order valence-electron chi connectivity index (χ0n) is 10.1. The minimum absolute atomic E-state index is 0.168. The summed E-state index contributed by atoms with van der Waals surface area (Å²) in [7, 11) is 1.73. The molecule has 0 aliphatic heterocycles. The fourth-order valence-corrected chi connectivity index (χ4v) is 1.87. The van der Waals surface area contributed by atoms with Gasteiger partial charge >= 0.3 is 5.69 Å². The molecule has 2 rings (SSSR count). The highest BCUT2D eigenvalue weighted by Crippen LogP contribution is 2.30. The Morgan fingerprint density at radius 1 is 1.50 bits per heavy atom. The van der Waals surface area contributed by atoms with Crippen LogP contribution in [0.1, 0.15) is 12.5 Å². The van der Waals surface area contributed by atoms with Crippen LogP contribution in [-0.2, 0) is 13.5 Å². The van der Waals surface area contributed by atoms with E-state index < -0.39 is 16.4 Å². The van der Waals surface area contributed by atoms with Gasteiger partial charge in [-0.1, -0.05) is 13.0 Å². The van der Waals surface area contributed by atoms with Crippen LogP contribution < -0.4 is 0 Å². The second kappa shape index (κ2) is 4.56. The lowest BCUT2D eigenvalue weighted by Crippen LogP contribution is -1.96. The van der Waals surface area contributed by atoms with Crippen LogP contribution in [-0.4, -0.2) is 14.7 Å². The van der Waals surface area contributed by atoms with Gasteiger partial charge in [0.2, 0.25) is 5.82 Å². The SMILES string of the molecule is CCc1cn(C)nc1-c1cccc([N+](=O)[O-])c1F. The van der Waals surface area contributed by atoms with E-state index in [9.17, 15) is 14.5 Å². The highest BCUT2D eigenvalue weighted by atomic mass is 19.1.